The zero-order valence-electron chi connectivity index (χ0n) is 25.3. The average molecular weight is 595 g/mol. The van der Waals surface area contributed by atoms with E-state index in [-0.39, 0.29) is 43.0 Å². The van der Waals surface area contributed by atoms with Crippen LogP contribution in [-0.4, -0.2) is 100 Å². The molecule has 1 aliphatic carbocycles. The fraction of sp³-hybridized carbons (Fsp3) is 0.656. The van der Waals surface area contributed by atoms with Gasteiger partial charge in [-0.05, 0) is 96.4 Å². The molecule has 4 aliphatic heterocycles. The molecule has 1 N–H and O–H groups in total. The predicted octanol–water partition coefficient (Wildman–Crippen LogP) is 3.21. The standard InChI is InChI=1S/C32H42N4O7/c1-32(2,3)43-31(41)35-15-11-21(12-16-35)42-22-17-20(18-22)34-13-9-19(10-14-34)23-5-4-6-24-27(23)30(40)36(29(24)39)25-7-8-26(37)33-28(25)38/h4-6,19-22,25H,7-18H2,1-3H3,(H,33,37,38). The molecule has 0 spiro atoms. The van der Waals surface area contributed by atoms with Crippen LogP contribution in [0.2, 0.25) is 0 Å². The van der Waals surface area contributed by atoms with Crippen molar-refractivity contribution in [2.75, 3.05) is 26.2 Å². The first kappa shape index (κ1) is 29.7. The molecule has 1 aromatic carbocycles. The molecule has 232 valence electrons. The Balaban J connectivity index is 0.980. The number of benzene rings is 1. The third kappa shape index (κ3) is 6.06. The number of carbonyl (C=O) groups is 5. The van der Waals surface area contributed by atoms with Crippen LogP contribution in [0.4, 0.5) is 4.79 Å². The van der Waals surface area contributed by atoms with Crippen LogP contribution in [0.25, 0.3) is 0 Å². The van der Waals surface area contributed by atoms with E-state index in [1.807, 2.05) is 32.9 Å². The molecule has 1 saturated carbocycles. The lowest BCUT2D eigenvalue weighted by Gasteiger charge is -2.47. The van der Waals surface area contributed by atoms with E-state index in [4.69, 9.17) is 9.47 Å². The first-order valence-corrected chi connectivity index (χ1v) is 15.7. The van der Waals surface area contributed by atoms with Crippen molar-refractivity contribution in [3.05, 3.63) is 34.9 Å². The Morgan fingerprint density at radius 2 is 1.58 bits per heavy atom. The van der Waals surface area contributed by atoms with Gasteiger partial charge in [0.15, 0.2) is 0 Å². The number of ether oxygens (including phenoxy) is 2. The number of hydrogen-bond acceptors (Lipinski definition) is 8. The number of hydrogen-bond donors (Lipinski definition) is 1. The van der Waals surface area contributed by atoms with Gasteiger partial charge in [-0.1, -0.05) is 12.1 Å². The monoisotopic (exact) mass is 594 g/mol. The molecule has 1 unspecified atom stereocenters. The summed E-state index contributed by atoms with van der Waals surface area (Å²) in [6, 6.07) is 4.97. The highest BCUT2D eigenvalue weighted by Crippen LogP contribution is 2.39. The molecule has 0 aromatic heterocycles. The molecule has 0 bridgehead atoms. The Morgan fingerprint density at radius 1 is 0.884 bits per heavy atom. The number of nitrogens with one attached hydrogen (secondary N) is 1. The Hall–Kier alpha value is -3.31. The summed E-state index contributed by atoms with van der Waals surface area (Å²) in [6.07, 6.45) is 5.89. The fourth-order valence-electron chi connectivity index (χ4n) is 7.18. The SMILES string of the molecule is CC(C)(C)OC(=O)N1CCC(OC2CC(N3CCC(c4cccc5c4C(=O)N(C4CCC(=O)NC4=O)C5=O)CC3)C2)CC1. The van der Waals surface area contributed by atoms with Gasteiger partial charge in [0.2, 0.25) is 11.8 Å². The number of likely N-dealkylation sites (tertiary alicyclic amines) is 2. The van der Waals surface area contributed by atoms with Crippen molar-refractivity contribution >= 4 is 29.7 Å². The molecule has 43 heavy (non-hydrogen) atoms. The van der Waals surface area contributed by atoms with E-state index in [0.717, 1.165) is 62.1 Å². The summed E-state index contributed by atoms with van der Waals surface area (Å²) in [7, 11) is 0. The molecule has 3 saturated heterocycles. The van der Waals surface area contributed by atoms with Crippen molar-refractivity contribution in [2.45, 2.75) is 108 Å². The third-order valence-corrected chi connectivity index (χ3v) is 9.53. The van der Waals surface area contributed by atoms with Gasteiger partial charge in [0.05, 0.1) is 23.3 Å². The normalized spacial score (nSPS) is 27.7. The Kier molecular flexibility index (Phi) is 8.06. The Labute approximate surface area is 252 Å². The summed E-state index contributed by atoms with van der Waals surface area (Å²) in [5, 5.41) is 2.26. The second kappa shape index (κ2) is 11.6. The lowest BCUT2D eigenvalue weighted by molar-refractivity contribution is -0.136. The molecule has 5 amide bonds. The van der Waals surface area contributed by atoms with Crippen LogP contribution in [-0.2, 0) is 19.1 Å². The summed E-state index contributed by atoms with van der Waals surface area (Å²) in [5.41, 5.74) is 1.17. The first-order valence-electron chi connectivity index (χ1n) is 15.7. The van der Waals surface area contributed by atoms with Gasteiger partial charge in [0.25, 0.3) is 11.8 Å². The maximum Gasteiger partial charge on any atom is 0.410 e. The summed E-state index contributed by atoms with van der Waals surface area (Å²) in [6.45, 7) is 8.79. The van der Waals surface area contributed by atoms with E-state index >= 15 is 0 Å². The maximum absolute atomic E-state index is 13.5. The molecule has 11 nitrogen and oxygen atoms in total. The van der Waals surface area contributed by atoms with E-state index in [1.165, 1.54) is 0 Å². The van der Waals surface area contributed by atoms with Crippen LogP contribution in [0, 0.1) is 0 Å². The molecule has 11 heteroatoms. The molecular weight excluding hydrogens is 552 g/mol. The van der Waals surface area contributed by atoms with E-state index in [9.17, 15) is 24.0 Å². The second-order valence-corrected chi connectivity index (χ2v) is 13.6. The summed E-state index contributed by atoms with van der Waals surface area (Å²) in [4.78, 5) is 68.5. The predicted molar refractivity (Wildman–Crippen MR) is 155 cm³/mol. The van der Waals surface area contributed by atoms with Gasteiger partial charge in [0, 0.05) is 25.6 Å². The Bertz CT molecular complexity index is 1300. The molecule has 1 aromatic rings. The van der Waals surface area contributed by atoms with E-state index in [1.54, 1.807) is 11.0 Å². The highest BCUT2D eigenvalue weighted by Gasteiger charge is 2.46. The largest absolute Gasteiger partial charge is 0.444 e. The van der Waals surface area contributed by atoms with E-state index in [2.05, 4.69) is 10.2 Å². The first-order chi connectivity index (χ1) is 20.5. The number of imide groups is 2. The number of amides is 5. The number of piperidine rings is 3. The van der Waals surface area contributed by atoms with E-state index in [0.29, 0.717) is 30.3 Å². The highest BCUT2D eigenvalue weighted by atomic mass is 16.6. The minimum absolute atomic E-state index is 0.107. The molecule has 4 heterocycles. The van der Waals surface area contributed by atoms with Gasteiger partial charge in [-0.15, -0.1) is 0 Å². The minimum atomic E-state index is -0.953. The van der Waals surface area contributed by atoms with E-state index < -0.39 is 29.4 Å². The van der Waals surface area contributed by atoms with Crippen LogP contribution in [0.15, 0.2) is 18.2 Å². The molecule has 4 fully saturated rings. The van der Waals surface area contributed by atoms with Crippen LogP contribution in [0.3, 0.4) is 0 Å². The van der Waals surface area contributed by atoms with Gasteiger partial charge in [0.1, 0.15) is 11.6 Å². The third-order valence-electron chi connectivity index (χ3n) is 9.53. The molecular formula is C32H42N4O7. The lowest BCUT2D eigenvalue weighted by atomic mass is 9.82. The molecule has 0 radical (unpaired) electrons. The van der Waals surface area contributed by atoms with Crippen LogP contribution in [0.1, 0.15) is 104 Å². The smallest absolute Gasteiger partial charge is 0.410 e. The quantitative estimate of drug-likeness (QED) is 0.516. The van der Waals surface area contributed by atoms with Crippen molar-refractivity contribution < 1.29 is 33.4 Å². The number of carbonyl (C=O) groups excluding carboxylic acids is 5. The van der Waals surface area contributed by atoms with Gasteiger partial charge in [-0.25, -0.2) is 4.79 Å². The Morgan fingerprint density at radius 3 is 2.23 bits per heavy atom. The zero-order valence-corrected chi connectivity index (χ0v) is 25.3. The summed E-state index contributed by atoms with van der Waals surface area (Å²) >= 11 is 0. The highest BCUT2D eigenvalue weighted by molar-refractivity contribution is 6.24. The summed E-state index contributed by atoms with van der Waals surface area (Å²) < 4.78 is 11.9. The topological polar surface area (TPSA) is 126 Å². The van der Waals surface area contributed by atoms with Crippen molar-refractivity contribution in [3.8, 4) is 0 Å². The van der Waals surface area contributed by atoms with Gasteiger partial charge >= 0.3 is 6.09 Å². The minimum Gasteiger partial charge on any atom is -0.444 e. The van der Waals surface area contributed by atoms with Crippen LogP contribution < -0.4 is 5.32 Å². The number of fused-ring (bicyclic) bond motifs is 1. The van der Waals surface area contributed by atoms with Crippen molar-refractivity contribution in [2.24, 2.45) is 0 Å². The molecule has 5 aliphatic rings. The number of rotatable bonds is 5. The van der Waals surface area contributed by atoms with Crippen molar-refractivity contribution in [3.63, 3.8) is 0 Å². The molecule has 1 atom stereocenters. The van der Waals surface area contributed by atoms with Crippen LogP contribution in [0.5, 0.6) is 0 Å². The second-order valence-electron chi connectivity index (χ2n) is 13.6. The molecule has 6 rings (SSSR count). The zero-order chi connectivity index (χ0) is 30.5. The fourth-order valence-corrected chi connectivity index (χ4v) is 7.18. The van der Waals surface area contributed by atoms with Crippen molar-refractivity contribution in [1.82, 2.24) is 20.0 Å². The summed E-state index contributed by atoms with van der Waals surface area (Å²) in [5.74, 6) is -1.69. The maximum atomic E-state index is 13.5. The average Bonchev–Trinajstić information content (AvgIpc) is 3.20. The number of nitrogens with zero attached hydrogens (tertiary/aromatic N) is 3. The van der Waals surface area contributed by atoms with Crippen molar-refractivity contribution in [1.29, 1.82) is 0 Å². The van der Waals surface area contributed by atoms with Gasteiger partial charge < -0.3 is 19.3 Å². The lowest BCUT2D eigenvalue weighted by Crippen LogP contribution is -2.54. The van der Waals surface area contributed by atoms with Gasteiger partial charge in [-0.2, -0.15) is 0 Å². The van der Waals surface area contributed by atoms with Gasteiger partial charge in [-0.3, -0.25) is 29.4 Å². The van der Waals surface area contributed by atoms with Crippen LogP contribution >= 0.6 is 0 Å².